The van der Waals surface area contributed by atoms with Gasteiger partial charge in [-0.1, -0.05) is 23.7 Å². The van der Waals surface area contributed by atoms with E-state index in [2.05, 4.69) is 15.4 Å². The van der Waals surface area contributed by atoms with Crippen LogP contribution in [0.4, 0.5) is 0 Å². The SMILES string of the molecule is O=C(NCCc1ccc(-n2cccn2)cc1)c1cccnc1Cl. The molecule has 6 heteroatoms. The second kappa shape index (κ2) is 7.07. The van der Waals surface area contributed by atoms with E-state index < -0.39 is 0 Å². The highest BCUT2D eigenvalue weighted by Gasteiger charge is 2.09. The fourth-order valence-electron chi connectivity index (χ4n) is 2.21. The van der Waals surface area contributed by atoms with Gasteiger partial charge in [0.05, 0.1) is 11.3 Å². The van der Waals surface area contributed by atoms with Crippen LogP contribution in [-0.2, 0) is 6.42 Å². The quantitative estimate of drug-likeness (QED) is 0.733. The highest BCUT2D eigenvalue weighted by Crippen LogP contribution is 2.11. The lowest BCUT2D eigenvalue weighted by Crippen LogP contribution is -2.26. The van der Waals surface area contributed by atoms with E-state index in [-0.39, 0.29) is 11.1 Å². The van der Waals surface area contributed by atoms with Crippen molar-refractivity contribution in [1.29, 1.82) is 0 Å². The highest BCUT2D eigenvalue weighted by atomic mass is 35.5. The largest absolute Gasteiger partial charge is 0.352 e. The zero-order valence-electron chi connectivity index (χ0n) is 12.3. The normalized spacial score (nSPS) is 10.5. The highest BCUT2D eigenvalue weighted by molar-refractivity contribution is 6.32. The molecule has 3 aromatic rings. The molecule has 0 saturated heterocycles. The van der Waals surface area contributed by atoms with E-state index >= 15 is 0 Å². The van der Waals surface area contributed by atoms with E-state index in [1.807, 2.05) is 36.5 Å². The molecular weight excluding hydrogens is 312 g/mol. The molecule has 0 aliphatic rings. The first-order valence-electron chi connectivity index (χ1n) is 7.22. The molecule has 5 nitrogen and oxygen atoms in total. The van der Waals surface area contributed by atoms with Gasteiger partial charge >= 0.3 is 0 Å². The first kappa shape index (κ1) is 15.2. The number of amides is 1. The first-order valence-corrected chi connectivity index (χ1v) is 7.59. The molecule has 3 rings (SSSR count). The topological polar surface area (TPSA) is 59.8 Å². The molecule has 2 aromatic heterocycles. The molecule has 0 aliphatic carbocycles. The molecule has 0 atom stereocenters. The average molecular weight is 327 g/mol. The van der Waals surface area contributed by atoms with E-state index in [0.29, 0.717) is 12.1 Å². The number of benzene rings is 1. The molecule has 0 unspecified atom stereocenters. The Balaban J connectivity index is 1.55. The fraction of sp³-hybridized carbons (Fsp3) is 0.118. The minimum absolute atomic E-state index is 0.212. The van der Waals surface area contributed by atoms with Gasteiger partial charge in [0.25, 0.3) is 5.91 Å². The number of pyridine rings is 1. The molecule has 116 valence electrons. The summed E-state index contributed by atoms with van der Waals surface area (Å²) in [7, 11) is 0. The van der Waals surface area contributed by atoms with E-state index in [1.165, 1.54) is 0 Å². The van der Waals surface area contributed by atoms with Crippen molar-refractivity contribution in [2.75, 3.05) is 6.54 Å². The lowest BCUT2D eigenvalue weighted by Gasteiger charge is -2.07. The summed E-state index contributed by atoms with van der Waals surface area (Å²) in [6, 6.07) is 13.3. The van der Waals surface area contributed by atoms with Crippen molar-refractivity contribution in [3.63, 3.8) is 0 Å². The molecule has 1 aromatic carbocycles. The summed E-state index contributed by atoms with van der Waals surface area (Å²) >= 11 is 5.90. The first-order chi connectivity index (χ1) is 11.2. The third kappa shape index (κ3) is 3.76. The Bertz CT molecular complexity index is 785. The summed E-state index contributed by atoms with van der Waals surface area (Å²) in [5.41, 5.74) is 2.53. The van der Waals surface area contributed by atoms with E-state index in [1.54, 1.807) is 29.2 Å². The smallest absolute Gasteiger partial charge is 0.254 e. The van der Waals surface area contributed by atoms with Gasteiger partial charge in [-0.15, -0.1) is 0 Å². The average Bonchev–Trinajstić information content (AvgIpc) is 3.10. The summed E-state index contributed by atoms with van der Waals surface area (Å²) < 4.78 is 1.80. The number of hydrogen-bond donors (Lipinski definition) is 1. The molecule has 0 radical (unpaired) electrons. The third-order valence-electron chi connectivity index (χ3n) is 3.41. The van der Waals surface area contributed by atoms with Gasteiger partial charge in [0.15, 0.2) is 0 Å². The standard InChI is InChI=1S/C17H15ClN4O/c18-16-15(3-1-9-19-16)17(23)20-11-8-13-4-6-14(7-5-13)22-12-2-10-21-22/h1-7,9-10,12H,8,11H2,(H,20,23). The van der Waals surface area contributed by atoms with Crippen LogP contribution in [0.25, 0.3) is 5.69 Å². The molecule has 23 heavy (non-hydrogen) atoms. The van der Waals surface area contributed by atoms with Crippen molar-refractivity contribution in [2.24, 2.45) is 0 Å². The van der Waals surface area contributed by atoms with Crippen molar-refractivity contribution in [3.8, 4) is 5.69 Å². The number of carbonyl (C=O) groups is 1. The molecule has 2 heterocycles. The van der Waals surface area contributed by atoms with Crippen molar-refractivity contribution in [2.45, 2.75) is 6.42 Å². The summed E-state index contributed by atoms with van der Waals surface area (Å²) in [6.45, 7) is 0.533. The number of hydrogen-bond acceptors (Lipinski definition) is 3. The van der Waals surface area contributed by atoms with Crippen LogP contribution >= 0.6 is 11.6 Å². The lowest BCUT2D eigenvalue weighted by atomic mass is 10.1. The molecule has 0 aliphatic heterocycles. The summed E-state index contributed by atoms with van der Waals surface area (Å²) in [5, 5.41) is 7.25. The Labute approximate surface area is 138 Å². The van der Waals surface area contributed by atoms with Crippen LogP contribution in [0.1, 0.15) is 15.9 Å². The molecule has 0 spiro atoms. The van der Waals surface area contributed by atoms with Crippen LogP contribution in [-0.4, -0.2) is 27.2 Å². The predicted octanol–water partition coefficient (Wildman–Crippen LogP) is 2.89. The summed E-state index contributed by atoms with van der Waals surface area (Å²) in [5.74, 6) is -0.212. The number of nitrogens with one attached hydrogen (secondary N) is 1. The van der Waals surface area contributed by atoms with Crippen molar-refractivity contribution >= 4 is 17.5 Å². The molecular formula is C17H15ClN4O. The Hall–Kier alpha value is -2.66. The van der Waals surface area contributed by atoms with Gasteiger partial charge in [-0.2, -0.15) is 5.10 Å². The van der Waals surface area contributed by atoms with Gasteiger partial charge in [0.2, 0.25) is 0 Å². The van der Waals surface area contributed by atoms with Gasteiger partial charge in [-0.05, 0) is 42.3 Å². The third-order valence-corrected chi connectivity index (χ3v) is 3.71. The number of nitrogens with zero attached hydrogens (tertiary/aromatic N) is 3. The van der Waals surface area contributed by atoms with E-state index in [9.17, 15) is 4.79 Å². The van der Waals surface area contributed by atoms with Gasteiger partial charge in [0, 0.05) is 25.1 Å². The number of carbonyl (C=O) groups excluding carboxylic acids is 1. The fourth-order valence-corrected chi connectivity index (χ4v) is 2.41. The van der Waals surface area contributed by atoms with Crippen LogP contribution in [0.3, 0.4) is 0 Å². The second-order valence-electron chi connectivity index (χ2n) is 4.96. The van der Waals surface area contributed by atoms with Crippen LogP contribution < -0.4 is 5.32 Å². The van der Waals surface area contributed by atoms with Crippen LogP contribution in [0.15, 0.2) is 61.1 Å². The molecule has 0 bridgehead atoms. The maximum Gasteiger partial charge on any atom is 0.254 e. The Morgan fingerprint density at radius 3 is 2.65 bits per heavy atom. The summed E-state index contributed by atoms with van der Waals surface area (Å²) in [6.07, 6.45) is 5.93. The van der Waals surface area contributed by atoms with E-state index in [0.717, 1.165) is 17.7 Å². The zero-order valence-corrected chi connectivity index (χ0v) is 13.1. The van der Waals surface area contributed by atoms with Gasteiger partial charge in [-0.3, -0.25) is 4.79 Å². The summed E-state index contributed by atoms with van der Waals surface area (Å²) in [4.78, 5) is 15.9. The zero-order chi connectivity index (χ0) is 16.1. The van der Waals surface area contributed by atoms with Crippen LogP contribution in [0, 0.1) is 0 Å². The number of aromatic nitrogens is 3. The molecule has 1 amide bonds. The predicted molar refractivity (Wildman–Crippen MR) is 88.8 cm³/mol. The van der Waals surface area contributed by atoms with Crippen molar-refractivity contribution < 1.29 is 4.79 Å². The molecule has 1 N–H and O–H groups in total. The van der Waals surface area contributed by atoms with Crippen molar-refractivity contribution in [1.82, 2.24) is 20.1 Å². The minimum Gasteiger partial charge on any atom is -0.352 e. The monoisotopic (exact) mass is 326 g/mol. The van der Waals surface area contributed by atoms with Crippen LogP contribution in [0.2, 0.25) is 5.15 Å². The Kier molecular flexibility index (Phi) is 4.68. The van der Waals surface area contributed by atoms with E-state index in [4.69, 9.17) is 11.6 Å². The molecule has 0 saturated carbocycles. The maximum absolute atomic E-state index is 12.0. The minimum atomic E-state index is -0.212. The Morgan fingerprint density at radius 1 is 1.13 bits per heavy atom. The number of rotatable bonds is 5. The maximum atomic E-state index is 12.0. The lowest BCUT2D eigenvalue weighted by molar-refractivity contribution is 0.0954. The number of halogens is 1. The van der Waals surface area contributed by atoms with Crippen LogP contribution in [0.5, 0.6) is 0 Å². The van der Waals surface area contributed by atoms with Crippen molar-refractivity contribution in [3.05, 3.63) is 77.3 Å². The molecule has 0 fully saturated rings. The van der Waals surface area contributed by atoms with Gasteiger partial charge in [0.1, 0.15) is 5.15 Å². The van der Waals surface area contributed by atoms with Gasteiger partial charge in [-0.25, -0.2) is 9.67 Å². The second-order valence-corrected chi connectivity index (χ2v) is 5.32. The Morgan fingerprint density at radius 2 is 1.96 bits per heavy atom. The van der Waals surface area contributed by atoms with Gasteiger partial charge < -0.3 is 5.32 Å².